The van der Waals surface area contributed by atoms with Gasteiger partial charge >= 0.3 is 0 Å². The average Bonchev–Trinajstić information content (AvgIpc) is 2.25. The van der Waals surface area contributed by atoms with E-state index in [0.29, 0.717) is 25.9 Å². The van der Waals surface area contributed by atoms with E-state index in [2.05, 4.69) is 0 Å². The SMILES string of the molecule is CC(C1CCN(C(C)S(=O)(=O)O)CC1)S(=O)(=O)O. The van der Waals surface area contributed by atoms with Gasteiger partial charge in [0.25, 0.3) is 20.2 Å². The molecule has 0 saturated carbocycles. The van der Waals surface area contributed by atoms with Crippen molar-refractivity contribution in [2.45, 2.75) is 37.3 Å². The molecule has 1 heterocycles. The van der Waals surface area contributed by atoms with E-state index < -0.39 is 30.9 Å². The van der Waals surface area contributed by atoms with Crippen LogP contribution in [0.4, 0.5) is 0 Å². The highest BCUT2D eigenvalue weighted by molar-refractivity contribution is 7.86. The fraction of sp³-hybridized carbons (Fsp3) is 1.00. The van der Waals surface area contributed by atoms with Crippen molar-refractivity contribution in [1.82, 2.24) is 4.90 Å². The Morgan fingerprint density at radius 1 is 1.00 bits per heavy atom. The molecule has 0 aromatic rings. The molecule has 0 aromatic heterocycles. The second kappa shape index (κ2) is 5.41. The third kappa shape index (κ3) is 3.89. The standard InChI is InChI=1S/C9H19NO6S2/c1-7(17(11,12)13)9-3-5-10(6-4-9)8(2)18(14,15)16/h7-9H,3-6H2,1-2H3,(H,11,12,13)(H,14,15,16). The Morgan fingerprint density at radius 3 is 1.78 bits per heavy atom. The fourth-order valence-corrected chi connectivity index (χ4v) is 3.53. The quantitative estimate of drug-likeness (QED) is 0.714. The van der Waals surface area contributed by atoms with E-state index in [1.807, 2.05) is 0 Å². The zero-order valence-electron chi connectivity index (χ0n) is 10.4. The molecule has 0 bridgehead atoms. The van der Waals surface area contributed by atoms with Gasteiger partial charge < -0.3 is 0 Å². The lowest BCUT2D eigenvalue weighted by Crippen LogP contribution is -2.46. The molecule has 0 aromatic carbocycles. The average molecular weight is 301 g/mol. The molecule has 1 saturated heterocycles. The van der Waals surface area contributed by atoms with Crippen molar-refractivity contribution in [3.8, 4) is 0 Å². The minimum atomic E-state index is -4.11. The van der Waals surface area contributed by atoms with Crippen molar-refractivity contribution in [3.63, 3.8) is 0 Å². The van der Waals surface area contributed by atoms with E-state index in [9.17, 15) is 16.8 Å². The molecule has 7 nitrogen and oxygen atoms in total. The van der Waals surface area contributed by atoms with Crippen molar-refractivity contribution >= 4 is 20.2 Å². The number of nitrogens with zero attached hydrogens (tertiary/aromatic N) is 1. The zero-order chi connectivity index (χ0) is 14.1. The normalized spacial score (nSPS) is 23.8. The van der Waals surface area contributed by atoms with E-state index in [-0.39, 0.29) is 5.92 Å². The van der Waals surface area contributed by atoms with E-state index >= 15 is 0 Å². The van der Waals surface area contributed by atoms with Crippen molar-refractivity contribution in [2.24, 2.45) is 5.92 Å². The Morgan fingerprint density at radius 2 is 1.44 bits per heavy atom. The van der Waals surface area contributed by atoms with Gasteiger partial charge in [-0.05, 0) is 45.7 Å². The van der Waals surface area contributed by atoms with Crippen LogP contribution < -0.4 is 0 Å². The van der Waals surface area contributed by atoms with Gasteiger partial charge in [-0.2, -0.15) is 16.8 Å². The number of hydrogen-bond donors (Lipinski definition) is 2. The summed E-state index contributed by atoms with van der Waals surface area (Å²) in [6.45, 7) is 3.60. The second-order valence-corrected chi connectivity index (χ2v) is 8.19. The van der Waals surface area contributed by atoms with Gasteiger partial charge in [-0.25, -0.2) is 0 Å². The zero-order valence-corrected chi connectivity index (χ0v) is 12.0. The van der Waals surface area contributed by atoms with E-state index in [1.54, 1.807) is 4.90 Å². The summed E-state index contributed by atoms with van der Waals surface area (Å²) < 4.78 is 61.9. The molecule has 18 heavy (non-hydrogen) atoms. The lowest BCUT2D eigenvalue weighted by molar-refractivity contribution is 0.166. The first-order chi connectivity index (χ1) is 8.03. The topological polar surface area (TPSA) is 112 Å². The van der Waals surface area contributed by atoms with Crippen molar-refractivity contribution in [2.75, 3.05) is 13.1 Å². The molecule has 0 radical (unpaired) electrons. The van der Waals surface area contributed by atoms with Crippen LogP contribution in [0.3, 0.4) is 0 Å². The van der Waals surface area contributed by atoms with Crippen LogP contribution in [0.1, 0.15) is 26.7 Å². The van der Waals surface area contributed by atoms with Crippen molar-refractivity contribution < 1.29 is 25.9 Å². The van der Waals surface area contributed by atoms with Gasteiger partial charge in [0.1, 0.15) is 5.37 Å². The number of piperidine rings is 1. The summed E-state index contributed by atoms with van der Waals surface area (Å²) in [4.78, 5) is 1.59. The van der Waals surface area contributed by atoms with Gasteiger partial charge in [0, 0.05) is 0 Å². The molecule has 1 aliphatic heterocycles. The first kappa shape index (κ1) is 15.8. The lowest BCUT2D eigenvalue weighted by atomic mass is 9.94. The molecule has 108 valence electrons. The summed E-state index contributed by atoms with van der Waals surface area (Å²) in [6, 6.07) is 0. The van der Waals surface area contributed by atoms with Crippen molar-refractivity contribution in [1.29, 1.82) is 0 Å². The van der Waals surface area contributed by atoms with Gasteiger partial charge in [0.2, 0.25) is 0 Å². The van der Waals surface area contributed by atoms with Gasteiger partial charge in [-0.3, -0.25) is 14.0 Å². The highest BCUT2D eigenvalue weighted by Gasteiger charge is 2.34. The monoisotopic (exact) mass is 301 g/mol. The molecule has 2 atom stereocenters. The second-order valence-electron chi connectivity index (χ2n) is 4.71. The molecule has 9 heteroatoms. The van der Waals surface area contributed by atoms with Crippen LogP contribution in [0.2, 0.25) is 0 Å². The Labute approximate surface area is 108 Å². The maximum atomic E-state index is 11.0. The first-order valence-electron chi connectivity index (χ1n) is 5.70. The molecule has 1 aliphatic rings. The molecular weight excluding hydrogens is 282 g/mol. The molecular formula is C9H19NO6S2. The fourth-order valence-electron chi connectivity index (χ4n) is 2.18. The van der Waals surface area contributed by atoms with Crippen LogP contribution in [0.5, 0.6) is 0 Å². The summed E-state index contributed by atoms with van der Waals surface area (Å²) in [5.41, 5.74) is 0. The Balaban J connectivity index is 2.62. The van der Waals surface area contributed by atoms with Crippen LogP contribution in [0.25, 0.3) is 0 Å². The highest BCUT2D eigenvalue weighted by Crippen LogP contribution is 2.26. The Bertz CT molecular complexity index is 431. The maximum Gasteiger partial charge on any atom is 0.280 e. The third-order valence-electron chi connectivity index (χ3n) is 3.65. The molecule has 0 spiro atoms. The number of likely N-dealkylation sites (tertiary alicyclic amines) is 1. The summed E-state index contributed by atoms with van der Waals surface area (Å²) in [5.74, 6) is -0.190. The minimum Gasteiger partial charge on any atom is -0.285 e. The summed E-state index contributed by atoms with van der Waals surface area (Å²) >= 11 is 0. The third-order valence-corrected chi connectivity index (χ3v) is 6.14. The first-order valence-corrected chi connectivity index (χ1v) is 8.70. The minimum absolute atomic E-state index is 0.190. The number of hydrogen-bond acceptors (Lipinski definition) is 5. The smallest absolute Gasteiger partial charge is 0.280 e. The van der Waals surface area contributed by atoms with Crippen LogP contribution in [-0.2, 0) is 20.2 Å². The molecule has 1 rings (SSSR count). The van der Waals surface area contributed by atoms with Crippen LogP contribution in [-0.4, -0.2) is 54.6 Å². The van der Waals surface area contributed by atoms with Gasteiger partial charge in [-0.15, -0.1) is 0 Å². The largest absolute Gasteiger partial charge is 0.285 e. The van der Waals surface area contributed by atoms with Crippen LogP contribution in [0.15, 0.2) is 0 Å². The van der Waals surface area contributed by atoms with Gasteiger partial charge in [0.05, 0.1) is 5.25 Å². The summed E-state index contributed by atoms with van der Waals surface area (Å²) in [5, 5.41) is -1.83. The molecule has 2 unspecified atom stereocenters. The van der Waals surface area contributed by atoms with E-state index in [1.165, 1.54) is 13.8 Å². The Kier molecular flexibility index (Phi) is 4.76. The summed E-state index contributed by atoms with van der Waals surface area (Å²) in [7, 11) is -8.17. The molecule has 1 fully saturated rings. The van der Waals surface area contributed by atoms with Gasteiger partial charge in [-0.1, -0.05) is 0 Å². The van der Waals surface area contributed by atoms with Crippen molar-refractivity contribution in [3.05, 3.63) is 0 Å². The Hall–Kier alpha value is -0.220. The molecule has 2 N–H and O–H groups in total. The van der Waals surface area contributed by atoms with Gasteiger partial charge in [0.15, 0.2) is 0 Å². The predicted octanol–water partition coefficient (Wildman–Crippen LogP) is 0.209. The molecule has 0 aliphatic carbocycles. The van der Waals surface area contributed by atoms with Crippen LogP contribution >= 0.6 is 0 Å². The number of rotatable bonds is 4. The highest BCUT2D eigenvalue weighted by atomic mass is 32.2. The lowest BCUT2D eigenvalue weighted by Gasteiger charge is -2.35. The predicted molar refractivity (Wildman–Crippen MR) is 66.3 cm³/mol. The maximum absolute atomic E-state index is 11.0. The van der Waals surface area contributed by atoms with E-state index in [4.69, 9.17) is 9.11 Å². The molecule has 0 amide bonds. The van der Waals surface area contributed by atoms with E-state index in [0.717, 1.165) is 0 Å². The summed E-state index contributed by atoms with van der Waals surface area (Å²) in [6.07, 6.45) is 0.946. The van der Waals surface area contributed by atoms with Crippen LogP contribution in [0, 0.1) is 5.92 Å².